The zero-order valence-electron chi connectivity index (χ0n) is 26.2. The third kappa shape index (κ3) is 4.82. The third-order valence-electron chi connectivity index (χ3n) is 9.11. The lowest BCUT2D eigenvalue weighted by atomic mass is 9.73. The smallest absolute Gasteiger partial charge is 0.151 e. The first-order chi connectivity index (χ1) is 23.0. The average Bonchev–Trinajstić information content (AvgIpc) is 3.12. The fourth-order valence-electron chi connectivity index (χ4n) is 6.75. The SMILES string of the molecule is CC1(C)c2ccccc2N(c2ccc(/C(=C/Nc3ccc(N4c5ccccc5Oc5ccccc54)cc3)N=N)cc2)c2ccccc21. The predicted octanol–water partition coefficient (Wildman–Crippen LogP) is 11.8. The highest BCUT2D eigenvalue weighted by atomic mass is 16.5. The molecule has 6 aromatic carbocycles. The van der Waals surface area contributed by atoms with Crippen molar-refractivity contribution in [2.24, 2.45) is 5.11 Å². The van der Waals surface area contributed by atoms with Crippen LogP contribution in [-0.4, -0.2) is 0 Å². The van der Waals surface area contributed by atoms with Crippen molar-refractivity contribution in [3.63, 3.8) is 0 Å². The van der Waals surface area contributed by atoms with Gasteiger partial charge in [-0.25, -0.2) is 5.53 Å². The molecule has 2 N–H and O–H groups in total. The number of hydrogen-bond acceptors (Lipinski definition) is 6. The molecule has 2 aliphatic heterocycles. The molecule has 6 nitrogen and oxygen atoms in total. The number of hydrogen-bond donors (Lipinski definition) is 2. The predicted molar refractivity (Wildman–Crippen MR) is 191 cm³/mol. The molecular formula is C41H33N5O. The molecule has 0 bridgehead atoms. The second kappa shape index (κ2) is 11.3. The van der Waals surface area contributed by atoms with Crippen LogP contribution in [0.1, 0.15) is 30.5 Å². The van der Waals surface area contributed by atoms with Crippen LogP contribution in [0.3, 0.4) is 0 Å². The van der Waals surface area contributed by atoms with E-state index in [-0.39, 0.29) is 5.41 Å². The largest absolute Gasteiger partial charge is 0.453 e. The van der Waals surface area contributed by atoms with Gasteiger partial charge in [0.05, 0.1) is 22.7 Å². The molecule has 0 atom stereocenters. The maximum absolute atomic E-state index is 7.94. The molecule has 0 amide bonds. The summed E-state index contributed by atoms with van der Waals surface area (Å²) in [6, 6.07) is 49.9. The molecule has 0 saturated carbocycles. The van der Waals surface area contributed by atoms with E-state index in [1.54, 1.807) is 6.20 Å². The van der Waals surface area contributed by atoms with Gasteiger partial charge in [-0.05, 0) is 83.9 Å². The van der Waals surface area contributed by atoms with Crippen molar-refractivity contribution in [1.82, 2.24) is 0 Å². The minimum absolute atomic E-state index is 0.106. The quantitative estimate of drug-likeness (QED) is 0.184. The number of rotatable bonds is 6. The lowest BCUT2D eigenvalue weighted by Gasteiger charge is -2.42. The van der Waals surface area contributed by atoms with E-state index in [1.807, 2.05) is 60.7 Å². The summed E-state index contributed by atoms with van der Waals surface area (Å²) in [5, 5.41) is 7.21. The normalized spacial score (nSPS) is 14.2. The Hall–Kier alpha value is -6.14. The van der Waals surface area contributed by atoms with Crippen LogP contribution in [-0.2, 0) is 5.41 Å². The number of anilines is 7. The Labute approximate surface area is 274 Å². The highest BCUT2D eigenvalue weighted by Crippen LogP contribution is 2.52. The first-order valence-electron chi connectivity index (χ1n) is 15.7. The number of ether oxygens (including phenoxy) is 1. The summed E-state index contributed by atoms with van der Waals surface area (Å²) in [4.78, 5) is 4.53. The van der Waals surface area contributed by atoms with Gasteiger partial charge in [0.25, 0.3) is 0 Å². The Morgan fingerprint density at radius 2 is 1.04 bits per heavy atom. The van der Waals surface area contributed by atoms with E-state index >= 15 is 0 Å². The maximum Gasteiger partial charge on any atom is 0.151 e. The summed E-state index contributed by atoms with van der Waals surface area (Å²) in [6.45, 7) is 4.58. The molecule has 0 radical (unpaired) electrons. The molecule has 0 spiro atoms. The summed E-state index contributed by atoms with van der Waals surface area (Å²) in [5.74, 6) is 1.64. The lowest BCUT2D eigenvalue weighted by molar-refractivity contribution is 0.477. The summed E-state index contributed by atoms with van der Waals surface area (Å²) in [7, 11) is 0. The van der Waals surface area contributed by atoms with Crippen LogP contribution >= 0.6 is 0 Å². The van der Waals surface area contributed by atoms with Crippen molar-refractivity contribution in [3.05, 3.63) is 168 Å². The third-order valence-corrected chi connectivity index (χ3v) is 9.11. The highest BCUT2D eigenvalue weighted by Gasteiger charge is 2.36. The van der Waals surface area contributed by atoms with E-state index in [0.717, 1.165) is 45.5 Å². The van der Waals surface area contributed by atoms with Crippen LogP contribution in [0.4, 0.5) is 39.8 Å². The van der Waals surface area contributed by atoms with E-state index in [0.29, 0.717) is 5.70 Å². The second-order valence-corrected chi connectivity index (χ2v) is 12.2. The van der Waals surface area contributed by atoms with Crippen LogP contribution < -0.4 is 19.9 Å². The van der Waals surface area contributed by atoms with Crippen molar-refractivity contribution >= 4 is 45.5 Å². The number of benzene rings is 6. The lowest BCUT2D eigenvalue weighted by Crippen LogP contribution is -2.30. The van der Waals surface area contributed by atoms with Crippen LogP contribution in [0.2, 0.25) is 0 Å². The fraction of sp³-hybridized carbons (Fsp3) is 0.0732. The van der Waals surface area contributed by atoms with Crippen LogP contribution in [0.15, 0.2) is 157 Å². The van der Waals surface area contributed by atoms with E-state index < -0.39 is 0 Å². The van der Waals surface area contributed by atoms with Crippen molar-refractivity contribution in [1.29, 1.82) is 5.53 Å². The highest BCUT2D eigenvalue weighted by molar-refractivity contribution is 5.88. The molecule has 0 unspecified atom stereocenters. The van der Waals surface area contributed by atoms with Crippen molar-refractivity contribution in [2.75, 3.05) is 15.1 Å². The molecule has 8 rings (SSSR count). The Morgan fingerprint density at radius 3 is 1.57 bits per heavy atom. The number of fused-ring (bicyclic) bond motifs is 4. The molecule has 0 aromatic heterocycles. The summed E-state index contributed by atoms with van der Waals surface area (Å²) < 4.78 is 6.16. The Morgan fingerprint density at radius 1 is 0.596 bits per heavy atom. The molecule has 47 heavy (non-hydrogen) atoms. The number of para-hydroxylation sites is 6. The second-order valence-electron chi connectivity index (χ2n) is 12.2. The van der Waals surface area contributed by atoms with E-state index in [2.05, 4.69) is 119 Å². The van der Waals surface area contributed by atoms with Gasteiger partial charge in [0.2, 0.25) is 0 Å². The Kier molecular flexibility index (Phi) is 6.84. The fourth-order valence-corrected chi connectivity index (χ4v) is 6.75. The molecule has 0 aliphatic carbocycles. The van der Waals surface area contributed by atoms with E-state index in [4.69, 9.17) is 10.3 Å². The molecule has 6 aromatic rings. The molecule has 0 fully saturated rings. The topological polar surface area (TPSA) is 63.9 Å². The minimum Gasteiger partial charge on any atom is -0.453 e. The van der Waals surface area contributed by atoms with Crippen molar-refractivity contribution < 1.29 is 4.74 Å². The average molecular weight is 612 g/mol. The minimum atomic E-state index is -0.106. The maximum atomic E-state index is 7.94. The van der Waals surface area contributed by atoms with Gasteiger partial charge in [-0.3, -0.25) is 0 Å². The van der Waals surface area contributed by atoms with Gasteiger partial charge in [-0.15, -0.1) is 0 Å². The zero-order chi connectivity index (χ0) is 32.0. The Bertz CT molecular complexity index is 2060. The zero-order valence-corrected chi connectivity index (χ0v) is 26.2. The van der Waals surface area contributed by atoms with Gasteiger partial charge < -0.3 is 19.9 Å². The van der Waals surface area contributed by atoms with Gasteiger partial charge in [-0.2, -0.15) is 5.11 Å². The van der Waals surface area contributed by atoms with Gasteiger partial charge in [0.15, 0.2) is 11.5 Å². The first kappa shape index (κ1) is 28.3. The molecule has 2 heterocycles. The Balaban J connectivity index is 1.05. The van der Waals surface area contributed by atoms with Gasteiger partial charge in [-0.1, -0.05) is 86.6 Å². The van der Waals surface area contributed by atoms with Crippen LogP contribution in [0.25, 0.3) is 5.70 Å². The molecule has 2 aliphatic rings. The molecule has 228 valence electrons. The monoisotopic (exact) mass is 611 g/mol. The van der Waals surface area contributed by atoms with Crippen molar-refractivity contribution in [3.8, 4) is 11.5 Å². The van der Waals surface area contributed by atoms with Gasteiger partial charge in [0, 0.05) is 34.2 Å². The molecule has 6 heteroatoms. The standard InChI is InChI=1S/C41H33N5O/c1-41(2)32-11-3-5-13-35(32)45(36-14-6-4-12-33(36)41)30-23-19-28(20-24-30)34(44-42)27-43-29-21-25-31(26-22-29)46-37-15-7-9-17-39(37)47-40-18-10-8-16-38(40)46/h3-27,42-43H,1-2H3/b34-27-,44-42?. The van der Waals surface area contributed by atoms with Crippen molar-refractivity contribution in [2.45, 2.75) is 19.3 Å². The molecule has 0 saturated heterocycles. The number of nitrogens with zero attached hydrogens (tertiary/aromatic N) is 3. The van der Waals surface area contributed by atoms with Gasteiger partial charge in [0.1, 0.15) is 5.70 Å². The molecular weight excluding hydrogens is 578 g/mol. The first-order valence-corrected chi connectivity index (χ1v) is 15.7. The van der Waals surface area contributed by atoms with Crippen LogP contribution in [0.5, 0.6) is 11.5 Å². The van der Waals surface area contributed by atoms with Crippen LogP contribution in [0, 0.1) is 5.53 Å². The summed E-state index contributed by atoms with van der Waals surface area (Å²) in [5.41, 5.74) is 19.1. The van der Waals surface area contributed by atoms with Gasteiger partial charge >= 0.3 is 0 Å². The number of nitrogens with one attached hydrogen (secondary N) is 2. The van der Waals surface area contributed by atoms with E-state index in [9.17, 15) is 0 Å². The summed E-state index contributed by atoms with van der Waals surface area (Å²) >= 11 is 0. The summed E-state index contributed by atoms with van der Waals surface area (Å²) in [6.07, 6.45) is 1.78. The van der Waals surface area contributed by atoms with E-state index in [1.165, 1.54) is 22.5 Å².